The zero-order valence-electron chi connectivity index (χ0n) is 7.63. The highest BCUT2D eigenvalue weighted by Crippen LogP contribution is 2.20. The first-order valence-corrected chi connectivity index (χ1v) is 4.71. The van der Waals surface area contributed by atoms with E-state index in [0.717, 1.165) is 12.1 Å². The second kappa shape index (κ2) is 5.04. The van der Waals surface area contributed by atoms with E-state index in [1.165, 1.54) is 0 Å². The van der Waals surface area contributed by atoms with Crippen LogP contribution in [0.15, 0.2) is 18.5 Å². The number of hydrogen-bond acceptors (Lipinski definition) is 3. The van der Waals surface area contributed by atoms with Crippen LogP contribution in [0.2, 0.25) is 5.02 Å². The van der Waals surface area contributed by atoms with Crippen LogP contribution >= 0.6 is 11.6 Å². The summed E-state index contributed by atoms with van der Waals surface area (Å²) in [6, 6.07) is 2.13. The number of halogens is 1. The summed E-state index contributed by atoms with van der Waals surface area (Å²) in [6.07, 6.45) is 4.31. The fourth-order valence-electron chi connectivity index (χ4n) is 1.04. The predicted molar refractivity (Wildman–Crippen MR) is 56.0 cm³/mol. The Bertz CT molecular complexity index is 261. The van der Waals surface area contributed by atoms with E-state index in [4.69, 9.17) is 17.3 Å². The smallest absolute Gasteiger partial charge is 0.0820 e. The second-order valence-electron chi connectivity index (χ2n) is 2.84. The molecule has 0 aliphatic heterocycles. The number of anilines is 1. The van der Waals surface area contributed by atoms with Gasteiger partial charge in [0.2, 0.25) is 0 Å². The Morgan fingerprint density at radius 1 is 1.69 bits per heavy atom. The van der Waals surface area contributed by atoms with E-state index in [-0.39, 0.29) is 6.04 Å². The molecule has 0 aliphatic carbocycles. The summed E-state index contributed by atoms with van der Waals surface area (Å²) >= 11 is 5.92. The molecule has 0 spiro atoms. The summed E-state index contributed by atoms with van der Waals surface area (Å²) in [5.41, 5.74) is 6.46. The average molecular weight is 200 g/mol. The van der Waals surface area contributed by atoms with Crippen LogP contribution in [0.4, 0.5) is 5.69 Å². The third-order valence-corrected chi connectivity index (χ3v) is 2.21. The zero-order chi connectivity index (χ0) is 9.68. The molecule has 1 aromatic heterocycles. The van der Waals surface area contributed by atoms with E-state index >= 15 is 0 Å². The van der Waals surface area contributed by atoms with Crippen LogP contribution in [0.3, 0.4) is 0 Å². The standard InChI is InChI=1S/C9H14ClN3/c1-2-7(5-11)13-9-3-4-12-6-8(9)10/h3-4,6-7H,2,5,11H2,1H3,(H,12,13). The monoisotopic (exact) mass is 199 g/mol. The highest BCUT2D eigenvalue weighted by atomic mass is 35.5. The fraction of sp³-hybridized carbons (Fsp3) is 0.444. The van der Waals surface area contributed by atoms with E-state index in [1.54, 1.807) is 12.4 Å². The molecule has 13 heavy (non-hydrogen) atoms. The first kappa shape index (κ1) is 10.3. The molecule has 0 fully saturated rings. The predicted octanol–water partition coefficient (Wildman–Crippen LogP) is 1.88. The van der Waals surface area contributed by atoms with Gasteiger partial charge in [0.05, 0.1) is 10.7 Å². The second-order valence-corrected chi connectivity index (χ2v) is 3.25. The van der Waals surface area contributed by atoms with E-state index in [2.05, 4.69) is 17.2 Å². The van der Waals surface area contributed by atoms with Gasteiger partial charge in [-0.15, -0.1) is 0 Å². The van der Waals surface area contributed by atoms with Gasteiger partial charge in [-0.1, -0.05) is 18.5 Å². The Labute approximate surface area is 83.3 Å². The number of aromatic nitrogens is 1. The third kappa shape index (κ3) is 2.86. The maximum Gasteiger partial charge on any atom is 0.0820 e. The van der Waals surface area contributed by atoms with Crippen molar-refractivity contribution in [1.82, 2.24) is 4.98 Å². The molecule has 72 valence electrons. The molecule has 0 aromatic carbocycles. The van der Waals surface area contributed by atoms with E-state index < -0.39 is 0 Å². The van der Waals surface area contributed by atoms with E-state index in [0.29, 0.717) is 11.6 Å². The molecule has 0 aliphatic rings. The lowest BCUT2D eigenvalue weighted by molar-refractivity contribution is 0.703. The van der Waals surface area contributed by atoms with Crippen molar-refractivity contribution >= 4 is 17.3 Å². The summed E-state index contributed by atoms with van der Waals surface area (Å²) in [7, 11) is 0. The van der Waals surface area contributed by atoms with Gasteiger partial charge in [-0.3, -0.25) is 4.98 Å². The Balaban J connectivity index is 2.67. The molecule has 0 bridgehead atoms. The lowest BCUT2D eigenvalue weighted by Gasteiger charge is -2.16. The number of nitrogens with two attached hydrogens (primary N) is 1. The van der Waals surface area contributed by atoms with Gasteiger partial charge in [0.1, 0.15) is 0 Å². The normalized spacial score (nSPS) is 12.5. The van der Waals surface area contributed by atoms with Crippen molar-refractivity contribution in [3.63, 3.8) is 0 Å². The molecule has 3 nitrogen and oxygen atoms in total. The van der Waals surface area contributed by atoms with Crippen LogP contribution in [0.25, 0.3) is 0 Å². The third-order valence-electron chi connectivity index (χ3n) is 1.91. The maximum atomic E-state index is 5.92. The van der Waals surface area contributed by atoms with Gasteiger partial charge in [0.25, 0.3) is 0 Å². The van der Waals surface area contributed by atoms with Gasteiger partial charge in [-0.25, -0.2) is 0 Å². The van der Waals surface area contributed by atoms with E-state index in [9.17, 15) is 0 Å². The van der Waals surface area contributed by atoms with Crippen molar-refractivity contribution < 1.29 is 0 Å². The van der Waals surface area contributed by atoms with Gasteiger partial charge < -0.3 is 11.1 Å². The van der Waals surface area contributed by atoms with Crippen molar-refractivity contribution in [3.8, 4) is 0 Å². The topological polar surface area (TPSA) is 50.9 Å². The molecule has 1 aromatic rings. The summed E-state index contributed by atoms with van der Waals surface area (Å²) in [5, 5.41) is 3.88. The molecule has 0 amide bonds. The van der Waals surface area contributed by atoms with Gasteiger partial charge in [0.15, 0.2) is 0 Å². The minimum absolute atomic E-state index is 0.278. The minimum Gasteiger partial charge on any atom is -0.380 e. The minimum atomic E-state index is 0.278. The maximum absolute atomic E-state index is 5.92. The molecule has 4 heteroatoms. The lowest BCUT2D eigenvalue weighted by Crippen LogP contribution is -2.27. The molecule has 1 heterocycles. The van der Waals surface area contributed by atoms with Crippen molar-refractivity contribution in [2.75, 3.05) is 11.9 Å². The van der Waals surface area contributed by atoms with Crippen LogP contribution < -0.4 is 11.1 Å². The SMILES string of the molecule is CCC(CN)Nc1ccncc1Cl. The first-order valence-electron chi connectivity index (χ1n) is 4.34. The van der Waals surface area contributed by atoms with Gasteiger partial charge in [-0.05, 0) is 12.5 Å². The number of nitrogens with one attached hydrogen (secondary N) is 1. The molecule has 3 N–H and O–H groups in total. The molecular formula is C9H14ClN3. The molecule has 0 saturated carbocycles. The molecule has 1 rings (SSSR count). The summed E-state index contributed by atoms with van der Waals surface area (Å²) in [6.45, 7) is 2.69. The first-order chi connectivity index (χ1) is 6.27. The lowest BCUT2D eigenvalue weighted by atomic mass is 10.2. The Morgan fingerprint density at radius 3 is 3.00 bits per heavy atom. The van der Waals surface area contributed by atoms with Crippen LogP contribution in [0.5, 0.6) is 0 Å². The number of hydrogen-bond donors (Lipinski definition) is 2. The van der Waals surface area contributed by atoms with Crippen molar-refractivity contribution in [2.24, 2.45) is 5.73 Å². The molecule has 1 unspecified atom stereocenters. The van der Waals surface area contributed by atoms with Crippen LogP contribution in [0.1, 0.15) is 13.3 Å². The quantitative estimate of drug-likeness (QED) is 0.779. The Morgan fingerprint density at radius 2 is 2.46 bits per heavy atom. The Kier molecular flexibility index (Phi) is 3.99. The van der Waals surface area contributed by atoms with Crippen molar-refractivity contribution in [2.45, 2.75) is 19.4 Å². The van der Waals surface area contributed by atoms with Crippen LogP contribution in [-0.2, 0) is 0 Å². The van der Waals surface area contributed by atoms with Crippen molar-refractivity contribution in [1.29, 1.82) is 0 Å². The van der Waals surface area contributed by atoms with Gasteiger partial charge >= 0.3 is 0 Å². The summed E-state index contributed by atoms with van der Waals surface area (Å²) in [4.78, 5) is 3.90. The highest BCUT2D eigenvalue weighted by Gasteiger charge is 2.05. The van der Waals surface area contributed by atoms with E-state index in [1.807, 2.05) is 6.07 Å². The largest absolute Gasteiger partial charge is 0.380 e. The summed E-state index contributed by atoms with van der Waals surface area (Å²) in [5.74, 6) is 0. The molecular weight excluding hydrogens is 186 g/mol. The molecule has 0 radical (unpaired) electrons. The van der Waals surface area contributed by atoms with Gasteiger partial charge in [-0.2, -0.15) is 0 Å². The fourth-order valence-corrected chi connectivity index (χ4v) is 1.21. The molecule has 0 saturated heterocycles. The number of rotatable bonds is 4. The van der Waals surface area contributed by atoms with Crippen LogP contribution in [0, 0.1) is 0 Å². The number of pyridine rings is 1. The summed E-state index contributed by atoms with van der Waals surface area (Å²) < 4.78 is 0. The zero-order valence-corrected chi connectivity index (χ0v) is 8.38. The average Bonchev–Trinajstić information content (AvgIpc) is 2.17. The number of nitrogens with zero attached hydrogens (tertiary/aromatic N) is 1. The van der Waals surface area contributed by atoms with Gasteiger partial charge in [0, 0.05) is 25.0 Å². The molecule has 1 atom stereocenters. The van der Waals surface area contributed by atoms with Crippen LogP contribution in [-0.4, -0.2) is 17.6 Å². The highest BCUT2D eigenvalue weighted by molar-refractivity contribution is 6.33. The van der Waals surface area contributed by atoms with Crippen molar-refractivity contribution in [3.05, 3.63) is 23.5 Å². The Hall–Kier alpha value is -0.800.